The Hall–Kier alpha value is -1.81. The van der Waals surface area contributed by atoms with Gasteiger partial charge in [0, 0.05) is 21.9 Å². The maximum atomic E-state index is 10.5. The first-order valence-corrected chi connectivity index (χ1v) is 5.62. The zero-order chi connectivity index (χ0) is 11.1. The molecule has 16 heavy (non-hydrogen) atoms. The summed E-state index contributed by atoms with van der Waals surface area (Å²) in [5, 5.41) is 10.5. The second-order valence-corrected chi connectivity index (χ2v) is 4.68. The van der Waals surface area contributed by atoms with Crippen molar-refractivity contribution in [2.75, 3.05) is 0 Å². The molecule has 0 N–H and O–H groups in total. The Labute approximate surface area is 96.3 Å². The van der Waals surface area contributed by atoms with E-state index in [2.05, 4.69) is 18.2 Å². The van der Waals surface area contributed by atoms with Crippen LogP contribution in [0.15, 0.2) is 52.3 Å². The van der Waals surface area contributed by atoms with Crippen LogP contribution in [0.2, 0.25) is 0 Å². The quantitative estimate of drug-likeness (QED) is 0.507. The highest BCUT2D eigenvalue weighted by molar-refractivity contribution is 7.99. The Balaban J connectivity index is 1.81. The molecule has 0 saturated carbocycles. The number of fused-ring (bicyclic) bond motifs is 1. The molecule has 3 rings (SSSR count). The van der Waals surface area contributed by atoms with Crippen LogP contribution >= 0.6 is 11.8 Å². The molecule has 78 valence electrons. The zero-order valence-electron chi connectivity index (χ0n) is 8.21. The molecule has 2 aliphatic rings. The van der Waals surface area contributed by atoms with Crippen molar-refractivity contribution in [2.45, 2.75) is 9.79 Å². The molecule has 0 saturated heterocycles. The third kappa shape index (κ3) is 1.57. The highest BCUT2D eigenvalue weighted by Crippen LogP contribution is 2.45. The van der Waals surface area contributed by atoms with Gasteiger partial charge in [-0.3, -0.25) is 10.1 Å². The number of hydrogen-bond donors (Lipinski definition) is 0. The SMILES string of the molecule is O=[N+]([O-])c1ccc(Sc2ccc3cc2-3)cc1. The molecule has 0 aromatic heterocycles. The van der Waals surface area contributed by atoms with E-state index in [1.165, 1.54) is 28.2 Å². The van der Waals surface area contributed by atoms with Crippen LogP contribution in [0.25, 0.3) is 11.1 Å². The third-order valence-corrected chi connectivity index (χ3v) is 3.57. The minimum absolute atomic E-state index is 0.134. The number of nitro benzene ring substituents is 1. The van der Waals surface area contributed by atoms with Gasteiger partial charge in [-0.05, 0) is 35.4 Å². The standard InChI is InChI=1S/C12H7NO2S/c14-13(15)9-2-4-10(5-3-9)16-12-6-1-8-7-11(8)12/h1-7H. The summed E-state index contributed by atoms with van der Waals surface area (Å²) in [5.74, 6) is 0. The van der Waals surface area contributed by atoms with Gasteiger partial charge in [0.1, 0.15) is 0 Å². The highest BCUT2D eigenvalue weighted by Gasteiger charge is 2.17. The summed E-state index contributed by atoms with van der Waals surface area (Å²) in [6.45, 7) is 0. The van der Waals surface area contributed by atoms with Gasteiger partial charge in [-0.15, -0.1) is 0 Å². The van der Waals surface area contributed by atoms with Crippen molar-refractivity contribution in [2.24, 2.45) is 0 Å². The molecule has 2 aliphatic carbocycles. The smallest absolute Gasteiger partial charge is 0.258 e. The fourth-order valence-electron chi connectivity index (χ4n) is 1.58. The summed E-state index contributed by atoms with van der Waals surface area (Å²) in [7, 11) is 0. The Morgan fingerprint density at radius 1 is 1.06 bits per heavy atom. The number of nitrogens with zero attached hydrogens (tertiary/aromatic N) is 1. The van der Waals surface area contributed by atoms with Crippen molar-refractivity contribution >= 4 is 17.4 Å². The lowest BCUT2D eigenvalue weighted by atomic mass is 10.3. The maximum absolute atomic E-state index is 10.5. The summed E-state index contributed by atoms with van der Waals surface area (Å²) < 4.78 is 0. The van der Waals surface area contributed by atoms with Gasteiger partial charge in [-0.25, -0.2) is 0 Å². The first-order chi connectivity index (χ1) is 7.74. The van der Waals surface area contributed by atoms with Crippen LogP contribution in [0, 0.1) is 10.1 Å². The van der Waals surface area contributed by atoms with Crippen molar-refractivity contribution < 1.29 is 4.92 Å². The van der Waals surface area contributed by atoms with Gasteiger partial charge in [0.25, 0.3) is 5.69 Å². The van der Waals surface area contributed by atoms with Crippen LogP contribution in [0.5, 0.6) is 0 Å². The lowest BCUT2D eigenvalue weighted by Gasteiger charge is -1.98. The summed E-state index contributed by atoms with van der Waals surface area (Å²) in [5.41, 5.74) is 2.75. The summed E-state index contributed by atoms with van der Waals surface area (Å²) in [6.07, 6.45) is 0. The van der Waals surface area contributed by atoms with E-state index in [-0.39, 0.29) is 10.6 Å². The summed E-state index contributed by atoms with van der Waals surface area (Å²) in [4.78, 5) is 12.4. The largest absolute Gasteiger partial charge is 0.269 e. The van der Waals surface area contributed by atoms with Crippen LogP contribution in [0.4, 0.5) is 5.69 Å². The van der Waals surface area contributed by atoms with E-state index in [9.17, 15) is 10.1 Å². The number of rotatable bonds is 3. The van der Waals surface area contributed by atoms with Gasteiger partial charge >= 0.3 is 0 Å². The van der Waals surface area contributed by atoms with Gasteiger partial charge in [0.05, 0.1) is 4.92 Å². The number of non-ortho nitro benzene ring substituents is 1. The monoisotopic (exact) mass is 229 g/mol. The third-order valence-electron chi connectivity index (χ3n) is 2.48. The predicted molar refractivity (Wildman–Crippen MR) is 62.7 cm³/mol. The molecular weight excluding hydrogens is 222 g/mol. The van der Waals surface area contributed by atoms with Crippen molar-refractivity contribution in [1.82, 2.24) is 0 Å². The molecular formula is C12H7NO2S. The van der Waals surface area contributed by atoms with Crippen LogP contribution in [-0.4, -0.2) is 4.92 Å². The second-order valence-electron chi connectivity index (χ2n) is 3.56. The zero-order valence-corrected chi connectivity index (χ0v) is 9.03. The lowest BCUT2D eigenvalue weighted by molar-refractivity contribution is -0.384. The van der Waals surface area contributed by atoms with Gasteiger partial charge < -0.3 is 0 Å². The van der Waals surface area contributed by atoms with Crippen molar-refractivity contribution in [3.8, 4) is 11.1 Å². The van der Waals surface area contributed by atoms with E-state index >= 15 is 0 Å². The average Bonchev–Trinajstić information content (AvgIpc) is 2.96. The molecule has 0 aliphatic heterocycles. The molecule has 0 spiro atoms. The molecule has 1 aromatic carbocycles. The van der Waals surface area contributed by atoms with Crippen LogP contribution in [0.1, 0.15) is 0 Å². The Morgan fingerprint density at radius 2 is 1.81 bits per heavy atom. The number of hydrogen-bond acceptors (Lipinski definition) is 3. The van der Waals surface area contributed by atoms with E-state index in [4.69, 9.17) is 0 Å². The van der Waals surface area contributed by atoms with Crippen molar-refractivity contribution in [3.05, 3.63) is 52.6 Å². The maximum Gasteiger partial charge on any atom is 0.269 e. The molecule has 0 heterocycles. The summed E-state index contributed by atoms with van der Waals surface area (Å²) >= 11 is 1.64. The normalized spacial score (nSPS) is 11.2. The molecule has 3 nitrogen and oxygen atoms in total. The molecule has 0 bridgehead atoms. The average molecular weight is 229 g/mol. The minimum atomic E-state index is -0.383. The van der Waals surface area contributed by atoms with Crippen LogP contribution < -0.4 is 0 Å². The molecule has 0 radical (unpaired) electrons. The van der Waals surface area contributed by atoms with E-state index in [1.807, 2.05) is 0 Å². The Bertz CT molecular complexity index is 578. The highest BCUT2D eigenvalue weighted by atomic mass is 32.2. The molecule has 0 fully saturated rings. The second kappa shape index (κ2) is 3.35. The molecule has 4 heteroatoms. The van der Waals surface area contributed by atoms with Gasteiger partial charge in [0.2, 0.25) is 0 Å². The molecule has 0 amide bonds. The van der Waals surface area contributed by atoms with Gasteiger partial charge in [-0.1, -0.05) is 17.8 Å². The summed E-state index contributed by atoms with van der Waals surface area (Å²) in [6, 6.07) is 12.9. The molecule has 0 atom stereocenters. The molecule has 1 aromatic rings. The van der Waals surface area contributed by atoms with Gasteiger partial charge in [-0.2, -0.15) is 0 Å². The van der Waals surface area contributed by atoms with E-state index in [0.29, 0.717) is 0 Å². The van der Waals surface area contributed by atoms with E-state index in [0.717, 1.165) is 4.90 Å². The minimum Gasteiger partial charge on any atom is -0.258 e. The fraction of sp³-hybridized carbons (Fsp3) is 0. The topological polar surface area (TPSA) is 43.1 Å². The first-order valence-electron chi connectivity index (χ1n) is 4.81. The van der Waals surface area contributed by atoms with E-state index < -0.39 is 0 Å². The lowest BCUT2D eigenvalue weighted by Crippen LogP contribution is -1.86. The first kappa shape index (κ1) is 9.42. The molecule has 0 unspecified atom stereocenters. The Kier molecular flexibility index (Phi) is 1.97. The Morgan fingerprint density at radius 3 is 2.31 bits per heavy atom. The van der Waals surface area contributed by atoms with Crippen LogP contribution in [-0.2, 0) is 0 Å². The fourth-order valence-corrected chi connectivity index (χ4v) is 2.53. The van der Waals surface area contributed by atoms with Gasteiger partial charge in [0.15, 0.2) is 0 Å². The predicted octanol–water partition coefficient (Wildman–Crippen LogP) is 3.73. The van der Waals surface area contributed by atoms with Crippen molar-refractivity contribution in [1.29, 1.82) is 0 Å². The van der Waals surface area contributed by atoms with E-state index in [1.54, 1.807) is 23.9 Å². The number of benzene rings is 2. The van der Waals surface area contributed by atoms with Crippen LogP contribution in [0.3, 0.4) is 0 Å². The number of nitro groups is 1. The van der Waals surface area contributed by atoms with Crippen molar-refractivity contribution in [3.63, 3.8) is 0 Å².